The molecule has 0 unspecified atom stereocenters. The zero-order valence-electron chi connectivity index (χ0n) is 11.1. The van der Waals surface area contributed by atoms with Crippen LogP contribution >= 0.6 is 12.4 Å². The van der Waals surface area contributed by atoms with Crippen molar-refractivity contribution in [2.24, 2.45) is 5.73 Å². The lowest BCUT2D eigenvalue weighted by Gasteiger charge is -2.34. The summed E-state index contributed by atoms with van der Waals surface area (Å²) in [6.07, 6.45) is 1.59. The van der Waals surface area contributed by atoms with Crippen molar-refractivity contribution >= 4 is 19.5 Å². The SMILES string of the molecule is CC1(C)OB(C2(N)CCOCC2)OC1(C)C.Cl. The average molecular weight is 264 g/mol. The van der Waals surface area contributed by atoms with Crippen molar-refractivity contribution in [3.63, 3.8) is 0 Å². The Hall–Kier alpha value is 0.195. The van der Waals surface area contributed by atoms with Gasteiger partial charge in [-0.25, -0.2) is 0 Å². The highest BCUT2D eigenvalue weighted by molar-refractivity contribution is 6.49. The van der Waals surface area contributed by atoms with E-state index in [4.69, 9.17) is 19.8 Å². The molecule has 0 radical (unpaired) electrons. The molecule has 0 amide bonds. The summed E-state index contributed by atoms with van der Waals surface area (Å²) < 4.78 is 17.3. The van der Waals surface area contributed by atoms with Crippen LogP contribution in [0.4, 0.5) is 0 Å². The largest absolute Gasteiger partial charge is 0.479 e. The van der Waals surface area contributed by atoms with Gasteiger partial charge in [-0.3, -0.25) is 0 Å². The van der Waals surface area contributed by atoms with Gasteiger partial charge in [-0.05, 0) is 40.5 Å². The fourth-order valence-corrected chi connectivity index (χ4v) is 2.06. The summed E-state index contributed by atoms with van der Waals surface area (Å²) >= 11 is 0. The van der Waals surface area contributed by atoms with Crippen molar-refractivity contribution in [2.75, 3.05) is 13.2 Å². The van der Waals surface area contributed by atoms with Crippen molar-refractivity contribution in [2.45, 2.75) is 57.2 Å². The maximum absolute atomic E-state index is 6.38. The third kappa shape index (κ3) is 2.63. The Kier molecular flexibility index (Phi) is 4.22. The molecule has 2 aliphatic heterocycles. The third-order valence-corrected chi connectivity index (χ3v) is 4.15. The Balaban J connectivity index is 0.00000144. The number of rotatable bonds is 1. The molecule has 0 spiro atoms. The van der Waals surface area contributed by atoms with Crippen molar-refractivity contribution in [1.82, 2.24) is 0 Å². The van der Waals surface area contributed by atoms with Gasteiger partial charge in [-0.2, -0.15) is 0 Å². The maximum atomic E-state index is 6.38. The second kappa shape index (κ2) is 4.70. The fourth-order valence-electron chi connectivity index (χ4n) is 2.06. The van der Waals surface area contributed by atoms with Gasteiger partial charge in [0.05, 0.1) is 16.6 Å². The van der Waals surface area contributed by atoms with Crippen LogP contribution in [0.25, 0.3) is 0 Å². The van der Waals surface area contributed by atoms with E-state index < -0.39 is 5.44 Å². The molecular formula is C11H23BClNO3. The number of hydrogen-bond donors (Lipinski definition) is 1. The molecule has 2 aliphatic rings. The van der Waals surface area contributed by atoms with E-state index in [2.05, 4.69) is 27.7 Å². The third-order valence-electron chi connectivity index (χ3n) is 4.15. The molecule has 0 aromatic rings. The molecule has 17 heavy (non-hydrogen) atoms. The van der Waals surface area contributed by atoms with Crippen LogP contribution in [0.2, 0.25) is 0 Å². The van der Waals surface area contributed by atoms with Crippen LogP contribution in [0.5, 0.6) is 0 Å². The molecule has 2 heterocycles. The molecule has 0 aromatic heterocycles. The first kappa shape index (κ1) is 15.3. The summed E-state index contributed by atoms with van der Waals surface area (Å²) in [6, 6.07) is 0. The summed E-state index contributed by atoms with van der Waals surface area (Å²) in [5.74, 6) is 0. The monoisotopic (exact) mass is 263 g/mol. The van der Waals surface area contributed by atoms with E-state index in [1.807, 2.05) is 0 Å². The summed E-state index contributed by atoms with van der Waals surface area (Å²) in [6.45, 7) is 9.60. The first-order valence-electron chi connectivity index (χ1n) is 5.99. The fraction of sp³-hybridized carbons (Fsp3) is 1.00. The minimum atomic E-state index is -0.400. The highest BCUT2D eigenvalue weighted by atomic mass is 35.5. The van der Waals surface area contributed by atoms with Crippen LogP contribution in [0.1, 0.15) is 40.5 Å². The van der Waals surface area contributed by atoms with Crippen LogP contribution in [0.15, 0.2) is 0 Å². The Morgan fingerprint density at radius 1 is 0.941 bits per heavy atom. The van der Waals surface area contributed by atoms with Crippen LogP contribution < -0.4 is 5.73 Å². The average Bonchev–Trinajstić information content (AvgIpc) is 2.38. The van der Waals surface area contributed by atoms with Gasteiger partial charge in [0.15, 0.2) is 0 Å². The van der Waals surface area contributed by atoms with Gasteiger partial charge in [-0.1, -0.05) is 0 Å². The lowest BCUT2D eigenvalue weighted by atomic mass is 9.61. The predicted octanol–water partition coefficient (Wildman–Crippen LogP) is 1.55. The minimum absolute atomic E-state index is 0. The lowest BCUT2D eigenvalue weighted by Crippen LogP contribution is -2.58. The molecule has 0 aromatic carbocycles. The highest BCUT2D eigenvalue weighted by Gasteiger charge is 2.58. The topological polar surface area (TPSA) is 53.7 Å². The van der Waals surface area contributed by atoms with Gasteiger partial charge in [0, 0.05) is 13.2 Å². The lowest BCUT2D eigenvalue weighted by molar-refractivity contribution is 0.00578. The summed E-state index contributed by atoms with van der Waals surface area (Å²) in [4.78, 5) is 0. The van der Waals surface area contributed by atoms with E-state index in [0.717, 1.165) is 12.8 Å². The van der Waals surface area contributed by atoms with E-state index in [0.29, 0.717) is 13.2 Å². The molecule has 6 heteroatoms. The highest BCUT2D eigenvalue weighted by Crippen LogP contribution is 2.40. The van der Waals surface area contributed by atoms with Crippen LogP contribution in [0.3, 0.4) is 0 Å². The van der Waals surface area contributed by atoms with Crippen LogP contribution in [0, 0.1) is 0 Å². The van der Waals surface area contributed by atoms with E-state index >= 15 is 0 Å². The summed E-state index contributed by atoms with van der Waals surface area (Å²) in [5, 5.41) is 0. The number of hydrogen-bond acceptors (Lipinski definition) is 4. The molecule has 2 N–H and O–H groups in total. The molecule has 2 rings (SSSR count). The Labute approximate surface area is 110 Å². The van der Waals surface area contributed by atoms with E-state index in [1.54, 1.807) is 0 Å². The second-order valence-corrected chi connectivity index (χ2v) is 5.93. The summed E-state index contributed by atoms with van der Waals surface area (Å²) in [7, 11) is -0.318. The summed E-state index contributed by atoms with van der Waals surface area (Å²) in [5.41, 5.74) is 5.37. The van der Waals surface area contributed by atoms with Crippen molar-refractivity contribution < 1.29 is 14.0 Å². The van der Waals surface area contributed by atoms with E-state index in [9.17, 15) is 0 Å². The quantitative estimate of drug-likeness (QED) is 0.729. The van der Waals surface area contributed by atoms with Crippen molar-refractivity contribution in [3.05, 3.63) is 0 Å². The van der Waals surface area contributed by atoms with Gasteiger partial charge < -0.3 is 19.8 Å². The van der Waals surface area contributed by atoms with E-state index in [-0.39, 0.29) is 30.7 Å². The first-order chi connectivity index (χ1) is 7.27. The predicted molar refractivity (Wildman–Crippen MR) is 70.3 cm³/mol. The number of halogens is 1. The Morgan fingerprint density at radius 2 is 1.35 bits per heavy atom. The minimum Gasteiger partial charge on any atom is -0.402 e. The zero-order chi connectivity index (χ0) is 12.0. The molecule has 0 atom stereocenters. The van der Waals surface area contributed by atoms with Gasteiger partial charge in [0.2, 0.25) is 0 Å². The van der Waals surface area contributed by atoms with Gasteiger partial charge in [0.1, 0.15) is 0 Å². The molecular weight excluding hydrogens is 240 g/mol. The molecule has 0 bridgehead atoms. The van der Waals surface area contributed by atoms with Gasteiger partial charge in [-0.15, -0.1) is 12.4 Å². The van der Waals surface area contributed by atoms with Crippen molar-refractivity contribution in [3.8, 4) is 0 Å². The number of ether oxygens (including phenoxy) is 1. The Morgan fingerprint density at radius 3 is 1.76 bits per heavy atom. The number of nitrogens with two attached hydrogens (primary N) is 1. The van der Waals surface area contributed by atoms with Crippen molar-refractivity contribution in [1.29, 1.82) is 0 Å². The normalized spacial score (nSPS) is 29.8. The first-order valence-corrected chi connectivity index (χ1v) is 5.99. The van der Waals surface area contributed by atoms with Gasteiger partial charge in [0.25, 0.3) is 0 Å². The molecule has 0 aliphatic carbocycles. The van der Waals surface area contributed by atoms with Gasteiger partial charge >= 0.3 is 7.12 Å². The van der Waals surface area contributed by atoms with Crippen LogP contribution in [-0.4, -0.2) is 37.0 Å². The molecule has 2 fully saturated rings. The smallest absolute Gasteiger partial charge is 0.402 e. The zero-order valence-corrected chi connectivity index (χ0v) is 11.9. The molecule has 4 nitrogen and oxygen atoms in total. The standard InChI is InChI=1S/C11H22BNO3.ClH/c1-9(2)10(3,4)16-12(15-9)11(13)5-7-14-8-6-11;/h5-8,13H2,1-4H3;1H. The molecule has 0 saturated carbocycles. The molecule has 2 saturated heterocycles. The second-order valence-electron chi connectivity index (χ2n) is 5.93. The van der Waals surface area contributed by atoms with Crippen LogP contribution in [-0.2, 0) is 14.0 Å². The molecule has 100 valence electrons. The van der Waals surface area contributed by atoms with E-state index in [1.165, 1.54) is 0 Å². The maximum Gasteiger partial charge on any atom is 0.479 e. The Bertz CT molecular complexity index is 264.